The van der Waals surface area contributed by atoms with Crippen molar-refractivity contribution < 1.29 is 23.9 Å². The predicted molar refractivity (Wildman–Crippen MR) is 78.1 cm³/mol. The second kappa shape index (κ2) is 5.53. The Hall–Kier alpha value is -1.63. The molecule has 2 atom stereocenters. The first-order valence-corrected chi connectivity index (χ1v) is 7.57. The van der Waals surface area contributed by atoms with Gasteiger partial charge in [0.25, 0.3) is 5.91 Å². The number of imide groups is 1. The highest BCUT2D eigenvalue weighted by molar-refractivity contribution is 6.05. The van der Waals surface area contributed by atoms with E-state index in [0.29, 0.717) is 6.42 Å². The van der Waals surface area contributed by atoms with Crippen molar-refractivity contribution >= 4 is 18.0 Å². The maximum atomic E-state index is 12.7. The third-order valence-electron chi connectivity index (χ3n) is 4.20. The summed E-state index contributed by atoms with van der Waals surface area (Å²) in [5.74, 6) is -0.924. The Morgan fingerprint density at radius 1 is 1.36 bits per heavy atom. The minimum absolute atomic E-state index is 0.203. The minimum Gasteiger partial charge on any atom is -0.464 e. The van der Waals surface area contributed by atoms with Gasteiger partial charge in [-0.25, -0.2) is 14.5 Å². The van der Waals surface area contributed by atoms with Crippen molar-refractivity contribution in [1.82, 2.24) is 9.80 Å². The summed E-state index contributed by atoms with van der Waals surface area (Å²) < 4.78 is 10.3. The fourth-order valence-electron chi connectivity index (χ4n) is 2.95. The van der Waals surface area contributed by atoms with Gasteiger partial charge >= 0.3 is 12.1 Å². The highest BCUT2D eigenvalue weighted by Gasteiger charge is 2.62. The Morgan fingerprint density at radius 3 is 2.41 bits per heavy atom. The molecule has 2 aliphatic heterocycles. The maximum Gasteiger partial charge on any atom is 0.417 e. The van der Waals surface area contributed by atoms with Crippen LogP contribution in [-0.2, 0) is 19.1 Å². The lowest BCUT2D eigenvalue weighted by atomic mass is 9.82. The van der Waals surface area contributed by atoms with Gasteiger partial charge in [-0.2, -0.15) is 0 Å². The van der Waals surface area contributed by atoms with Crippen LogP contribution >= 0.6 is 0 Å². The van der Waals surface area contributed by atoms with Crippen LogP contribution in [0.5, 0.6) is 0 Å². The molecule has 1 spiro atoms. The van der Waals surface area contributed by atoms with E-state index < -0.39 is 29.2 Å². The number of nitrogens with zero attached hydrogens (tertiary/aromatic N) is 2. The van der Waals surface area contributed by atoms with E-state index in [0.717, 1.165) is 11.4 Å². The Morgan fingerprint density at radius 2 is 2.00 bits per heavy atom. The molecule has 0 radical (unpaired) electrons. The smallest absolute Gasteiger partial charge is 0.417 e. The normalized spacial score (nSPS) is 28.7. The van der Waals surface area contributed by atoms with Gasteiger partial charge in [0.1, 0.15) is 17.2 Å². The van der Waals surface area contributed by atoms with Gasteiger partial charge in [-0.05, 0) is 41.2 Å². The van der Waals surface area contributed by atoms with Crippen LogP contribution in [0.3, 0.4) is 0 Å². The van der Waals surface area contributed by atoms with Crippen LogP contribution < -0.4 is 0 Å². The average Bonchev–Trinajstić information content (AvgIpc) is 2.71. The van der Waals surface area contributed by atoms with Gasteiger partial charge in [-0.3, -0.25) is 9.69 Å². The highest BCUT2D eigenvalue weighted by atomic mass is 16.6. The van der Waals surface area contributed by atoms with Crippen molar-refractivity contribution in [3.63, 3.8) is 0 Å². The molecule has 2 saturated heterocycles. The molecule has 0 saturated carbocycles. The Bertz CT molecular complexity index is 499. The molecule has 2 aliphatic rings. The Kier molecular flexibility index (Phi) is 4.21. The second-order valence-corrected chi connectivity index (χ2v) is 6.83. The quantitative estimate of drug-likeness (QED) is 0.712. The molecule has 0 N–H and O–H groups in total. The van der Waals surface area contributed by atoms with E-state index in [9.17, 15) is 14.4 Å². The number of likely N-dealkylation sites (N-methyl/N-ethyl adjacent to an activating group) is 1. The van der Waals surface area contributed by atoms with E-state index in [-0.39, 0.29) is 18.9 Å². The van der Waals surface area contributed by atoms with E-state index >= 15 is 0 Å². The number of hydrogen-bond acceptors (Lipinski definition) is 6. The Labute approximate surface area is 130 Å². The summed E-state index contributed by atoms with van der Waals surface area (Å²) in [4.78, 5) is 40.1. The summed E-state index contributed by atoms with van der Waals surface area (Å²) in [7, 11) is 1.82. The lowest BCUT2D eigenvalue weighted by molar-refractivity contribution is -0.152. The molecule has 0 aliphatic carbocycles. The number of amides is 2. The molecule has 124 valence electrons. The Balaban J connectivity index is 2.27. The van der Waals surface area contributed by atoms with E-state index in [1.165, 1.54) is 0 Å². The fourth-order valence-corrected chi connectivity index (χ4v) is 2.95. The number of ether oxygens (including phenoxy) is 2. The third kappa shape index (κ3) is 2.69. The molecule has 0 bridgehead atoms. The van der Waals surface area contributed by atoms with Gasteiger partial charge in [0.2, 0.25) is 0 Å². The average molecular weight is 312 g/mol. The summed E-state index contributed by atoms with van der Waals surface area (Å²) in [5.41, 5.74) is -1.51. The largest absolute Gasteiger partial charge is 0.464 e. The lowest BCUT2D eigenvalue weighted by Crippen LogP contribution is -2.62. The first-order valence-electron chi connectivity index (χ1n) is 7.57. The van der Waals surface area contributed by atoms with Gasteiger partial charge in [0.05, 0.1) is 6.61 Å². The molecule has 0 aromatic rings. The molecule has 7 heteroatoms. The molecule has 2 rings (SSSR count). The number of hydrogen-bond donors (Lipinski definition) is 0. The number of carbonyl (C=O) groups is 3. The van der Waals surface area contributed by atoms with Crippen LogP contribution in [0.2, 0.25) is 0 Å². The predicted octanol–water partition coefficient (Wildman–Crippen LogP) is 1.16. The zero-order valence-corrected chi connectivity index (χ0v) is 13.8. The molecular formula is C15H24N2O5. The lowest BCUT2D eigenvalue weighted by Gasteiger charge is -2.46. The van der Waals surface area contributed by atoms with Crippen LogP contribution in [0.1, 0.15) is 40.5 Å². The number of carbonyl (C=O) groups excluding carboxylic acids is 3. The van der Waals surface area contributed by atoms with Crippen molar-refractivity contribution in [3.8, 4) is 0 Å². The first kappa shape index (κ1) is 16.7. The van der Waals surface area contributed by atoms with Crippen LogP contribution in [0.25, 0.3) is 0 Å². The van der Waals surface area contributed by atoms with Crippen LogP contribution in [-0.4, -0.2) is 65.2 Å². The number of esters is 1. The SMILES string of the molecule is CCOC(=O)C1CC2(CCN2C)C(=O)N1C(=O)OC(C)(C)C. The molecule has 2 amide bonds. The topological polar surface area (TPSA) is 76.2 Å². The molecule has 0 aromatic carbocycles. The molecular weight excluding hydrogens is 288 g/mol. The number of rotatable bonds is 2. The molecule has 0 aromatic heterocycles. The summed E-state index contributed by atoms with van der Waals surface area (Å²) in [6, 6.07) is -0.912. The van der Waals surface area contributed by atoms with Gasteiger partial charge in [-0.1, -0.05) is 0 Å². The van der Waals surface area contributed by atoms with Crippen molar-refractivity contribution in [2.24, 2.45) is 0 Å². The van der Waals surface area contributed by atoms with Crippen LogP contribution in [0.4, 0.5) is 4.79 Å². The summed E-state index contributed by atoms with van der Waals surface area (Å²) in [6.45, 7) is 7.82. The zero-order valence-electron chi connectivity index (χ0n) is 13.8. The molecule has 2 heterocycles. The van der Waals surface area contributed by atoms with Crippen molar-refractivity contribution in [3.05, 3.63) is 0 Å². The van der Waals surface area contributed by atoms with Gasteiger partial charge in [0.15, 0.2) is 0 Å². The second-order valence-electron chi connectivity index (χ2n) is 6.83. The minimum atomic E-state index is -0.912. The standard InChI is InChI=1S/C15H24N2O5/c1-6-21-11(18)10-9-15(7-8-16(15)5)12(19)17(10)13(20)22-14(2,3)4/h10H,6-9H2,1-5H3. The maximum absolute atomic E-state index is 12.7. The summed E-state index contributed by atoms with van der Waals surface area (Å²) >= 11 is 0. The van der Waals surface area contributed by atoms with Gasteiger partial charge in [0, 0.05) is 13.0 Å². The molecule has 2 unspecified atom stereocenters. The van der Waals surface area contributed by atoms with E-state index in [1.54, 1.807) is 27.7 Å². The molecule has 22 heavy (non-hydrogen) atoms. The van der Waals surface area contributed by atoms with Crippen LogP contribution in [0.15, 0.2) is 0 Å². The van der Waals surface area contributed by atoms with Crippen molar-refractivity contribution in [2.75, 3.05) is 20.2 Å². The first-order chi connectivity index (χ1) is 10.1. The van der Waals surface area contributed by atoms with E-state index in [4.69, 9.17) is 9.47 Å². The molecule has 7 nitrogen and oxygen atoms in total. The van der Waals surface area contributed by atoms with E-state index in [2.05, 4.69) is 0 Å². The van der Waals surface area contributed by atoms with E-state index in [1.807, 2.05) is 11.9 Å². The zero-order chi connectivity index (χ0) is 16.7. The van der Waals surface area contributed by atoms with Gasteiger partial charge in [-0.15, -0.1) is 0 Å². The fraction of sp³-hybridized carbons (Fsp3) is 0.800. The molecule has 2 fully saturated rings. The van der Waals surface area contributed by atoms with Crippen molar-refractivity contribution in [1.29, 1.82) is 0 Å². The monoisotopic (exact) mass is 312 g/mol. The third-order valence-corrected chi connectivity index (χ3v) is 4.20. The summed E-state index contributed by atoms with van der Waals surface area (Å²) in [6.07, 6.45) is 0.116. The number of likely N-dealkylation sites (tertiary alicyclic amines) is 2. The summed E-state index contributed by atoms with van der Waals surface area (Å²) in [5, 5.41) is 0. The van der Waals surface area contributed by atoms with Crippen molar-refractivity contribution in [2.45, 2.75) is 57.7 Å². The van der Waals surface area contributed by atoms with Crippen LogP contribution in [0, 0.1) is 0 Å². The highest BCUT2D eigenvalue weighted by Crippen LogP contribution is 2.42. The van der Waals surface area contributed by atoms with Gasteiger partial charge < -0.3 is 9.47 Å².